The van der Waals surface area contributed by atoms with E-state index in [2.05, 4.69) is 10.6 Å². The molecule has 5 amide bonds. The summed E-state index contributed by atoms with van der Waals surface area (Å²) in [6.07, 6.45) is 6.24. The molecule has 2 atom stereocenters. The van der Waals surface area contributed by atoms with Gasteiger partial charge in [0.15, 0.2) is 0 Å². The Morgan fingerprint density at radius 3 is 2.42 bits per heavy atom. The highest BCUT2D eigenvalue weighted by Gasteiger charge is 2.47. The molecule has 0 unspecified atom stereocenters. The third-order valence-electron chi connectivity index (χ3n) is 4.16. The van der Waals surface area contributed by atoms with Gasteiger partial charge in [-0.05, 0) is 25.0 Å². The van der Waals surface area contributed by atoms with Crippen molar-refractivity contribution in [1.29, 1.82) is 0 Å². The Bertz CT molecular complexity index is 669. The third kappa shape index (κ3) is 3.22. The van der Waals surface area contributed by atoms with Crippen LogP contribution in [-0.4, -0.2) is 35.2 Å². The van der Waals surface area contributed by atoms with E-state index in [0.717, 1.165) is 4.90 Å². The number of nitrogens with zero attached hydrogens (tertiary/aromatic N) is 1. The maximum Gasteiger partial charge on any atom is 0.321 e. The van der Waals surface area contributed by atoms with E-state index in [4.69, 9.17) is 4.42 Å². The number of imide groups is 2. The first-order valence-electron chi connectivity index (χ1n) is 7.66. The van der Waals surface area contributed by atoms with Gasteiger partial charge < -0.3 is 9.73 Å². The molecule has 0 bridgehead atoms. The van der Waals surface area contributed by atoms with Crippen LogP contribution in [0, 0.1) is 11.8 Å². The topological polar surface area (TPSA) is 109 Å². The molecule has 1 saturated heterocycles. The molecule has 0 spiro atoms. The summed E-state index contributed by atoms with van der Waals surface area (Å²) < 4.78 is 5.05. The number of furan rings is 1. The smallest absolute Gasteiger partial charge is 0.321 e. The van der Waals surface area contributed by atoms with Crippen LogP contribution in [-0.2, 0) is 20.9 Å². The number of hydrogen-bond donors (Lipinski definition) is 2. The van der Waals surface area contributed by atoms with Crippen molar-refractivity contribution < 1.29 is 23.6 Å². The van der Waals surface area contributed by atoms with Crippen molar-refractivity contribution in [2.45, 2.75) is 19.4 Å². The number of carbonyl (C=O) groups excluding carboxylic acids is 4. The zero-order chi connectivity index (χ0) is 17.1. The molecule has 24 heavy (non-hydrogen) atoms. The number of fused-ring (bicyclic) bond motifs is 1. The number of urea groups is 1. The number of rotatable bonds is 4. The summed E-state index contributed by atoms with van der Waals surface area (Å²) in [5, 5.41) is 4.55. The molecule has 8 nitrogen and oxygen atoms in total. The van der Waals surface area contributed by atoms with Crippen LogP contribution in [0.15, 0.2) is 35.0 Å². The van der Waals surface area contributed by atoms with E-state index in [1.165, 1.54) is 6.26 Å². The first kappa shape index (κ1) is 16.0. The van der Waals surface area contributed by atoms with Gasteiger partial charge in [-0.3, -0.25) is 24.6 Å². The molecule has 126 valence electrons. The molecule has 2 aliphatic rings. The number of likely N-dealkylation sites (tertiary alicyclic amines) is 1. The van der Waals surface area contributed by atoms with Crippen molar-refractivity contribution in [3.05, 3.63) is 36.3 Å². The summed E-state index contributed by atoms with van der Waals surface area (Å²) in [6.45, 7) is -0.317. The van der Waals surface area contributed by atoms with E-state index in [0.29, 0.717) is 18.6 Å². The van der Waals surface area contributed by atoms with Gasteiger partial charge in [-0.15, -0.1) is 0 Å². The maximum absolute atomic E-state index is 12.2. The fourth-order valence-electron chi connectivity index (χ4n) is 2.96. The number of amides is 5. The van der Waals surface area contributed by atoms with Crippen molar-refractivity contribution in [2.24, 2.45) is 11.8 Å². The predicted octanol–water partition coefficient (Wildman–Crippen LogP) is 0.557. The molecule has 3 rings (SSSR count). The number of allylic oxidation sites excluding steroid dienone is 2. The summed E-state index contributed by atoms with van der Waals surface area (Å²) in [7, 11) is 0. The first-order chi connectivity index (χ1) is 11.6. The van der Waals surface area contributed by atoms with Gasteiger partial charge in [0.25, 0.3) is 0 Å². The lowest BCUT2D eigenvalue weighted by Crippen LogP contribution is -2.46. The summed E-state index contributed by atoms with van der Waals surface area (Å²) >= 11 is 0. The minimum Gasteiger partial charge on any atom is -0.467 e. The zero-order valence-corrected chi connectivity index (χ0v) is 12.9. The molecular weight excluding hydrogens is 314 g/mol. The minimum absolute atomic E-state index is 0.128. The zero-order valence-electron chi connectivity index (χ0n) is 12.9. The van der Waals surface area contributed by atoms with Crippen molar-refractivity contribution >= 4 is 23.8 Å². The molecule has 2 heterocycles. The SMILES string of the molecule is O=C(CN1C(=O)[C@@H]2CC=CC[C@H]2C1=O)NC(=O)NCc1ccco1. The third-order valence-corrected chi connectivity index (χ3v) is 4.16. The van der Waals surface area contributed by atoms with Crippen LogP contribution in [0.1, 0.15) is 18.6 Å². The lowest BCUT2D eigenvalue weighted by Gasteiger charge is -2.14. The second-order valence-corrected chi connectivity index (χ2v) is 5.73. The predicted molar refractivity (Wildman–Crippen MR) is 81.2 cm³/mol. The van der Waals surface area contributed by atoms with Crippen molar-refractivity contribution in [3.63, 3.8) is 0 Å². The monoisotopic (exact) mass is 331 g/mol. The Balaban J connectivity index is 1.50. The second kappa shape index (κ2) is 6.69. The number of hydrogen-bond acceptors (Lipinski definition) is 5. The first-order valence-corrected chi connectivity index (χ1v) is 7.66. The Morgan fingerprint density at radius 1 is 1.17 bits per heavy atom. The molecule has 0 aromatic carbocycles. The lowest BCUT2D eigenvalue weighted by atomic mass is 9.85. The second-order valence-electron chi connectivity index (χ2n) is 5.73. The average molecular weight is 331 g/mol. The molecule has 2 N–H and O–H groups in total. The van der Waals surface area contributed by atoms with Crippen LogP contribution in [0.3, 0.4) is 0 Å². The normalized spacial score (nSPS) is 22.4. The van der Waals surface area contributed by atoms with Gasteiger partial charge in [0.1, 0.15) is 12.3 Å². The van der Waals surface area contributed by atoms with Gasteiger partial charge in [-0.1, -0.05) is 12.2 Å². The lowest BCUT2D eigenvalue weighted by molar-refractivity contribution is -0.143. The van der Waals surface area contributed by atoms with Gasteiger partial charge in [0.2, 0.25) is 17.7 Å². The van der Waals surface area contributed by atoms with Gasteiger partial charge in [-0.25, -0.2) is 4.79 Å². The van der Waals surface area contributed by atoms with E-state index in [9.17, 15) is 19.2 Å². The molecule has 1 aromatic rings. The molecule has 1 fully saturated rings. The molecule has 8 heteroatoms. The van der Waals surface area contributed by atoms with Crippen LogP contribution in [0.2, 0.25) is 0 Å². The van der Waals surface area contributed by atoms with Crippen LogP contribution in [0.4, 0.5) is 4.79 Å². The van der Waals surface area contributed by atoms with E-state index >= 15 is 0 Å². The number of carbonyl (C=O) groups is 4. The van der Waals surface area contributed by atoms with Gasteiger partial charge >= 0.3 is 6.03 Å². The Labute approximate surface area is 137 Å². The largest absolute Gasteiger partial charge is 0.467 e. The molecule has 1 aliphatic heterocycles. The molecule has 0 radical (unpaired) electrons. The van der Waals surface area contributed by atoms with Crippen LogP contribution < -0.4 is 10.6 Å². The van der Waals surface area contributed by atoms with Gasteiger partial charge in [-0.2, -0.15) is 0 Å². The number of nitrogens with one attached hydrogen (secondary N) is 2. The quantitative estimate of drug-likeness (QED) is 0.619. The summed E-state index contributed by atoms with van der Waals surface area (Å²) in [6, 6.07) is 2.65. The maximum atomic E-state index is 12.2. The van der Waals surface area contributed by atoms with Crippen LogP contribution in [0.25, 0.3) is 0 Å². The molecule has 0 saturated carbocycles. The molecular formula is C16H17N3O5. The fraction of sp³-hybridized carbons (Fsp3) is 0.375. The van der Waals surface area contributed by atoms with Crippen LogP contribution >= 0.6 is 0 Å². The Hall–Kier alpha value is -2.90. The molecule has 1 aromatic heterocycles. The Morgan fingerprint density at radius 2 is 1.83 bits per heavy atom. The van der Waals surface area contributed by atoms with E-state index < -0.39 is 18.5 Å². The van der Waals surface area contributed by atoms with Crippen molar-refractivity contribution in [3.8, 4) is 0 Å². The Kier molecular flexibility index (Phi) is 4.45. The fourth-order valence-corrected chi connectivity index (χ4v) is 2.96. The van der Waals surface area contributed by atoms with E-state index in [1.54, 1.807) is 12.1 Å². The van der Waals surface area contributed by atoms with E-state index in [-0.39, 0.29) is 30.2 Å². The highest BCUT2D eigenvalue weighted by atomic mass is 16.3. The highest BCUT2D eigenvalue weighted by Crippen LogP contribution is 2.34. The summed E-state index contributed by atoms with van der Waals surface area (Å²) in [5.41, 5.74) is 0. The van der Waals surface area contributed by atoms with Crippen molar-refractivity contribution in [1.82, 2.24) is 15.5 Å². The van der Waals surface area contributed by atoms with Crippen LogP contribution in [0.5, 0.6) is 0 Å². The van der Waals surface area contributed by atoms with Crippen molar-refractivity contribution in [2.75, 3.05) is 6.54 Å². The van der Waals surface area contributed by atoms with Gasteiger partial charge in [0.05, 0.1) is 24.6 Å². The van der Waals surface area contributed by atoms with E-state index in [1.807, 2.05) is 12.2 Å². The average Bonchev–Trinajstić information content (AvgIpc) is 3.17. The molecule has 1 aliphatic carbocycles. The summed E-state index contributed by atoms with van der Waals surface area (Å²) in [4.78, 5) is 49.0. The van der Waals surface area contributed by atoms with Gasteiger partial charge in [0, 0.05) is 0 Å². The summed E-state index contributed by atoms with van der Waals surface area (Å²) in [5.74, 6) is -1.63. The standard InChI is InChI=1S/C16H17N3O5/c20-13(18-16(23)17-8-10-4-3-7-24-10)9-19-14(21)11-5-1-2-6-12(11)15(19)22/h1-4,7,11-12H,5-6,8-9H2,(H2,17,18,20,23)/t11-,12-/m1/s1. The minimum atomic E-state index is -0.713. The highest BCUT2D eigenvalue weighted by molar-refractivity contribution is 6.08.